The van der Waals surface area contributed by atoms with E-state index < -0.39 is 5.97 Å². The number of rotatable bonds is 5. The molecule has 0 saturated heterocycles. The number of carbonyl (C=O) groups is 2. The van der Waals surface area contributed by atoms with Crippen molar-refractivity contribution in [1.29, 1.82) is 0 Å². The molecule has 2 aromatic rings. The first-order chi connectivity index (χ1) is 9.90. The molecule has 1 unspecified atom stereocenters. The van der Waals surface area contributed by atoms with Gasteiger partial charge < -0.3 is 15.4 Å². The van der Waals surface area contributed by atoms with Gasteiger partial charge in [-0.25, -0.2) is 0 Å². The van der Waals surface area contributed by atoms with Crippen LogP contribution < -0.4 is 5.32 Å². The quantitative estimate of drug-likeness (QED) is 0.791. The maximum absolute atomic E-state index is 12.4. The molecule has 5 nitrogen and oxygen atoms in total. The fraction of sp³-hybridized carbons (Fsp3) is 0.375. The lowest BCUT2D eigenvalue weighted by Crippen LogP contribution is -2.33. The average molecular weight is 288 g/mol. The summed E-state index contributed by atoms with van der Waals surface area (Å²) in [4.78, 5) is 26.2. The summed E-state index contributed by atoms with van der Waals surface area (Å²) in [5, 5.41) is 12.6. The van der Waals surface area contributed by atoms with Gasteiger partial charge in [-0.2, -0.15) is 0 Å². The number of nitrogens with one attached hydrogen (secondary N) is 2. The summed E-state index contributed by atoms with van der Waals surface area (Å²) < 4.78 is 0. The zero-order chi connectivity index (χ0) is 15.6. The first kappa shape index (κ1) is 15.1. The normalized spacial score (nSPS) is 12.3. The van der Waals surface area contributed by atoms with Gasteiger partial charge in [0, 0.05) is 23.5 Å². The number of carbonyl (C=O) groups excluding carboxylic acids is 1. The molecule has 1 aromatic carbocycles. The van der Waals surface area contributed by atoms with E-state index in [1.807, 2.05) is 32.9 Å². The number of H-pyrrole nitrogens is 1. The molecule has 0 spiro atoms. The monoisotopic (exact) mass is 288 g/mol. The number of fused-ring (bicyclic) bond motifs is 1. The first-order valence-electron chi connectivity index (χ1n) is 7.00. The number of para-hydroxylation sites is 1. The Hall–Kier alpha value is -2.30. The summed E-state index contributed by atoms with van der Waals surface area (Å²) in [6, 6.07) is 5.44. The van der Waals surface area contributed by atoms with E-state index in [1.165, 1.54) is 0 Å². The minimum Gasteiger partial charge on any atom is -0.481 e. The van der Waals surface area contributed by atoms with Crippen LogP contribution in [-0.4, -0.2) is 28.0 Å². The second-order valence-corrected chi connectivity index (χ2v) is 5.41. The molecule has 0 bridgehead atoms. The minimum atomic E-state index is -0.853. The maximum atomic E-state index is 12.4. The lowest BCUT2D eigenvalue weighted by atomic mass is 10.1. The average Bonchev–Trinajstić information content (AvgIpc) is 2.72. The van der Waals surface area contributed by atoms with Crippen molar-refractivity contribution in [2.24, 2.45) is 0 Å². The molecule has 0 aliphatic heterocycles. The van der Waals surface area contributed by atoms with Crippen molar-refractivity contribution in [3.63, 3.8) is 0 Å². The van der Waals surface area contributed by atoms with Crippen molar-refractivity contribution in [3.8, 4) is 0 Å². The Morgan fingerprint density at radius 2 is 2.05 bits per heavy atom. The summed E-state index contributed by atoms with van der Waals surface area (Å²) in [5.41, 5.74) is 3.60. The molecule has 2 rings (SSSR count). The Labute approximate surface area is 123 Å². The van der Waals surface area contributed by atoms with E-state index in [4.69, 9.17) is 5.11 Å². The highest BCUT2D eigenvalue weighted by atomic mass is 16.4. The number of aryl methyl sites for hydroxylation is 2. The van der Waals surface area contributed by atoms with Crippen molar-refractivity contribution in [3.05, 3.63) is 35.0 Å². The van der Waals surface area contributed by atoms with Gasteiger partial charge in [-0.15, -0.1) is 0 Å². The van der Waals surface area contributed by atoms with Crippen LogP contribution in [0.2, 0.25) is 0 Å². The van der Waals surface area contributed by atoms with Crippen molar-refractivity contribution in [2.75, 3.05) is 0 Å². The fourth-order valence-electron chi connectivity index (χ4n) is 2.39. The van der Waals surface area contributed by atoms with Gasteiger partial charge in [0.2, 0.25) is 0 Å². The van der Waals surface area contributed by atoms with E-state index in [-0.39, 0.29) is 18.4 Å². The number of aromatic nitrogens is 1. The molecule has 0 aliphatic rings. The topological polar surface area (TPSA) is 82.2 Å². The molecule has 0 aliphatic carbocycles. The number of aromatic amines is 1. The van der Waals surface area contributed by atoms with Crippen molar-refractivity contribution in [2.45, 2.75) is 39.7 Å². The standard InChI is InChI=1S/C16H20N2O3/c1-9(7-8-14(19)20)17-16(21)13-6-4-5-12-10(2)11(3)18-15(12)13/h4-6,9,18H,7-8H2,1-3H3,(H,17,21)(H,19,20). The van der Waals surface area contributed by atoms with Crippen LogP contribution >= 0.6 is 0 Å². The summed E-state index contributed by atoms with van der Waals surface area (Å²) in [6.07, 6.45) is 0.464. The molecule has 0 radical (unpaired) electrons. The summed E-state index contributed by atoms with van der Waals surface area (Å²) in [6.45, 7) is 5.81. The maximum Gasteiger partial charge on any atom is 0.303 e. The van der Waals surface area contributed by atoms with Crippen LogP contribution in [0.1, 0.15) is 41.4 Å². The molecule has 5 heteroatoms. The highest BCUT2D eigenvalue weighted by molar-refractivity contribution is 6.06. The van der Waals surface area contributed by atoms with Crippen LogP contribution in [0, 0.1) is 13.8 Å². The number of hydrogen-bond acceptors (Lipinski definition) is 2. The Morgan fingerprint density at radius 1 is 1.33 bits per heavy atom. The number of carboxylic acids is 1. The van der Waals surface area contributed by atoms with Crippen LogP contribution in [0.15, 0.2) is 18.2 Å². The molecule has 1 atom stereocenters. The van der Waals surface area contributed by atoms with E-state index in [0.717, 1.165) is 22.2 Å². The summed E-state index contributed by atoms with van der Waals surface area (Å²) >= 11 is 0. The number of aliphatic carboxylic acids is 1. The molecule has 1 aromatic heterocycles. The smallest absolute Gasteiger partial charge is 0.303 e. The number of carboxylic acid groups (broad SMARTS) is 1. The molecule has 3 N–H and O–H groups in total. The van der Waals surface area contributed by atoms with E-state index in [9.17, 15) is 9.59 Å². The van der Waals surface area contributed by atoms with Crippen LogP contribution in [-0.2, 0) is 4.79 Å². The van der Waals surface area contributed by atoms with Gasteiger partial charge in [-0.05, 0) is 38.8 Å². The first-order valence-corrected chi connectivity index (χ1v) is 7.00. The Bertz CT molecular complexity index is 688. The highest BCUT2D eigenvalue weighted by Gasteiger charge is 2.16. The number of amides is 1. The van der Waals surface area contributed by atoms with E-state index >= 15 is 0 Å². The zero-order valence-corrected chi connectivity index (χ0v) is 12.5. The van der Waals surface area contributed by atoms with Crippen molar-refractivity contribution in [1.82, 2.24) is 10.3 Å². The molecular formula is C16H20N2O3. The predicted molar refractivity (Wildman–Crippen MR) is 81.6 cm³/mol. The Morgan fingerprint density at radius 3 is 2.71 bits per heavy atom. The third-order valence-corrected chi connectivity index (χ3v) is 3.76. The fourth-order valence-corrected chi connectivity index (χ4v) is 2.39. The minimum absolute atomic E-state index is 0.0480. The van der Waals surface area contributed by atoms with E-state index in [2.05, 4.69) is 10.3 Å². The Balaban J connectivity index is 2.20. The zero-order valence-electron chi connectivity index (χ0n) is 12.5. The van der Waals surface area contributed by atoms with E-state index in [0.29, 0.717) is 12.0 Å². The third-order valence-electron chi connectivity index (χ3n) is 3.76. The molecule has 0 fully saturated rings. The SMILES string of the molecule is Cc1[nH]c2c(C(=O)NC(C)CCC(=O)O)cccc2c1C. The summed E-state index contributed by atoms with van der Waals surface area (Å²) in [7, 11) is 0. The van der Waals surface area contributed by atoms with Gasteiger partial charge in [-0.3, -0.25) is 9.59 Å². The number of benzene rings is 1. The van der Waals surface area contributed by atoms with Gasteiger partial charge in [0.25, 0.3) is 5.91 Å². The van der Waals surface area contributed by atoms with Gasteiger partial charge in [0.1, 0.15) is 0 Å². The van der Waals surface area contributed by atoms with Crippen LogP contribution in [0.25, 0.3) is 10.9 Å². The van der Waals surface area contributed by atoms with Crippen molar-refractivity contribution < 1.29 is 14.7 Å². The molecule has 1 heterocycles. The lowest BCUT2D eigenvalue weighted by molar-refractivity contribution is -0.137. The van der Waals surface area contributed by atoms with Gasteiger partial charge in [0.05, 0.1) is 11.1 Å². The summed E-state index contributed by atoms with van der Waals surface area (Å²) in [5.74, 6) is -1.03. The van der Waals surface area contributed by atoms with Crippen LogP contribution in [0.3, 0.4) is 0 Å². The highest BCUT2D eigenvalue weighted by Crippen LogP contribution is 2.24. The largest absolute Gasteiger partial charge is 0.481 e. The molecular weight excluding hydrogens is 268 g/mol. The van der Waals surface area contributed by atoms with E-state index in [1.54, 1.807) is 6.07 Å². The second kappa shape index (κ2) is 5.99. The molecule has 112 valence electrons. The lowest BCUT2D eigenvalue weighted by Gasteiger charge is -2.13. The molecule has 1 amide bonds. The Kier molecular flexibility index (Phi) is 4.31. The van der Waals surface area contributed by atoms with Crippen molar-refractivity contribution >= 4 is 22.8 Å². The number of hydrogen-bond donors (Lipinski definition) is 3. The predicted octanol–water partition coefficient (Wildman–Crippen LogP) is 2.77. The van der Waals surface area contributed by atoms with Gasteiger partial charge >= 0.3 is 5.97 Å². The van der Waals surface area contributed by atoms with Crippen LogP contribution in [0.5, 0.6) is 0 Å². The van der Waals surface area contributed by atoms with Gasteiger partial charge in [-0.1, -0.05) is 12.1 Å². The second-order valence-electron chi connectivity index (χ2n) is 5.41. The third kappa shape index (κ3) is 3.24. The van der Waals surface area contributed by atoms with Crippen LogP contribution in [0.4, 0.5) is 0 Å². The molecule has 0 saturated carbocycles. The van der Waals surface area contributed by atoms with Gasteiger partial charge in [0.15, 0.2) is 0 Å². The molecule has 21 heavy (non-hydrogen) atoms.